The van der Waals surface area contributed by atoms with E-state index in [4.69, 9.17) is 0 Å². The minimum atomic E-state index is -3.17. The van der Waals surface area contributed by atoms with Crippen LogP contribution in [0.3, 0.4) is 0 Å². The minimum Gasteiger partial charge on any atom is -0.361 e. The normalized spacial score (nSPS) is 22.2. The molecule has 1 amide bonds. The molecular formula is C17H22N2O3S. The number of para-hydroxylation sites is 1. The van der Waals surface area contributed by atoms with Gasteiger partial charge in [0.2, 0.25) is 0 Å². The van der Waals surface area contributed by atoms with Crippen LogP contribution in [0.5, 0.6) is 0 Å². The SMILES string of the molecule is CN(C(=O)c1cccc2cc[nH]c12)[C@H]1CCCC[C@H]1S(C)(=O)=O. The van der Waals surface area contributed by atoms with Crippen molar-refractivity contribution >= 4 is 26.6 Å². The maximum atomic E-state index is 12.9. The third-order valence-corrected chi connectivity index (χ3v) is 6.50. The number of benzene rings is 1. The first-order valence-corrected chi connectivity index (χ1v) is 9.87. The minimum absolute atomic E-state index is 0.126. The van der Waals surface area contributed by atoms with Gasteiger partial charge in [0.05, 0.1) is 16.3 Å². The van der Waals surface area contributed by atoms with Crippen molar-refractivity contribution in [3.63, 3.8) is 0 Å². The Morgan fingerprint density at radius 2 is 1.96 bits per heavy atom. The fourth-order valence-corrected chi connectivity index (χ4v) is 5.11. The van der Waals surface area contributed by atoms with Crippen LogP contribution >= 0.6 is 0 Å². The second-order valence-corrected chi connectivity index (χ2v) is 8.65. The molecule has 6 heteroatoms. The van der Waals surface area contributed by atoms with Crippen LogP contribution < -0.4 is 0 Å². The van der Waals surface area contributed by atoms with E-state index in [0.29, 0.717) is 12.0 Å². The molecule has 3 rings (SSSR count). The highest BCUT2D eigenvalue weighted by Gasteiger charge is 2.37. The molecule has 2 atom stereocenters. The molecule has 2 aromatic rings. The number of nitrogens with zero attached hydrogens (tertiary/aromatic N) is 1. The number of nitrogens with one attached hydrogen (secondary N) is 1. The van der Waals surface area contributed by atoms with Gasteiger partial charge < -0.3 is 9.88 Å². The predicted octanol–water partition coefficient (Wildman–Crippen LogP) is 2.60. The Hall–Kier alpha value is -1.82. The Morgan fingerprint density at radius 3 is 2.70 bits per heavy atom. The van der Waals surface area contributed by atoms with Gasteiger partial charge in [-0.1, -0.05) is 25.0 Å². The number of aromatic amines is 1. The van der Waals surface area contributed by atoms with Crippen LogP contribution in [-0.4, -0.2) is 48.8 Å². The summed E-state index contributed by atoms with van der Waals surface area (Å²) in [5.41, 5.74) is 1.39. The third-order valence-electron chi connectivity index (χ3n) is 4.85. The van der Waals surface area contributed by atoms with E-state index in [-0.39, 0.29) is 11.9 Å². The zero-order valence-corrected chi connectivity index (χ0v) is 14.3. The molecule has 1 aromatic heterocycles. The average Bonchev–Trinajstić information content (AvgIpc) is 3.01. The van der Waals surface area contributed by atoms with Crippen molar-refractivity contribution in [2.24, 2.45) is 0 Å². The summed E-state index contributed by atoms with van der Waals surface area (Å²) in [4.78, 5) is 17.7. The van der Waals surface area contributed by atoms with Crippen molar-refractivity contribution in [2.45, 2.75) is 37.0 Å². The van der Waals surface area contributed by atoms with E-state index in [2.05, 4.69) is 4.98 Å². The Morgan fingerprint density at radius 1 is 1.22 bits per heavy atom. The smallest absolute Gasteiger partial charge is 0.256 e. The van der Waals surface area contributed by atoms with Crippen molar-refractivity contribution < 1.29 is 13.2 Å². The highest BCUT2D eigenvalue weighted by atomic mass is 32.2. The molecule has 1 aromatic carbocycles. The maximum absolute atomic E-state index is 12.9. The van der Waals surface area contributed by atoms with Gasteiger partial charge >= 0.3 is 0 Å². The highest BCUT2D eigenvalue weighted by Crippen LogP contribution is 2.29. The second-order valence-electron chi connectivity index (χ2n) is 6.38. The van der Waals surface area contributed by atoms with Gasteiger partial charge in [0, 0.05) is 30.9 Å². The fourth-order valence-electron chi connectivity index (χ4n) is 3.62. The average molecular weight is 334 g/mol. The van der Waals surface area contributed by atoms with Crippen LogP contribution in [0, 0.1) is 0 Å². The number of aromatic nitrogens is 1. The first-order valence-electron chi connectivity index (χ1n) is 7.91. The van der Waals surface area contributed by atoms with Gasteiger partial charge in [-0.05, 0) is 25.0 Å². The van der Waals surface area contributed by atoms with Crippen LogP contribution in [0.15, 0.2) is 30.5 Å². The number of carbonyl (C=O) groups is 1. The van der Waals surface area contributed by atoms with Crippen molar-refractivity contribution in [2.75, 3.05) is 13.3 Å². The first kappa shape index (κ1) is 16.1. The van der Waals surface area contributed by atoms with E-state index in [0.717, 1.165) is 30.2 Å². The van der Waals surface area contributed by atoms with Crippen LogP contribution in [0.4, 0.5) is 0 Å². The molecule has 1 heterocycles. The molecule has 1 aliphatic rings. The molecule has 1 saturated carbocycles. The number of fused-ring (bicyclic) bond motifs is 1. The Bertz CT molecular complexity index is 825. The lowest BCUT2D eigenvalue weighted by molar-refractivity contribution is 0.0702. The Balaban J connectivity index is 1.93. The third kappa shape index (κ3) is 3.00. The summed E-state index contributed by atoms with van der Waals surface area (Å²) >= 11 is 0. The molecule has 1 N–H and O–H groups in total. The molecule has 0 aliphatic heterocycles. The molecule has 1 aliphatic carbocycles. The summed E-state index contributed by atoms with van der Waals surface area (Å²) in [6.07, 6.45) is 6.32. The summed E-state index contributed by atoms with van der Waals surface area (Å²) in [7, 11) is -1.45. The lowest BCUT2D eigenvalue weighted by Crippen LogP contribution is -2.49. The van der Waals surface area contributed by atoms with Crippen LogP contribution in [0.2, 0.25) is 0 Å². The summed E-state index contributed by atoms with van der Waals surface area (Å²) in [6.45, 7) is 0. The fraction of sp³-hybridized carbons (Fsp3) is 0.471. The summed E-state index contributed by atoms with van der Waals surface area (Å²) < 4.78 is 24.2. The first-order chi connectivity index (χ1) is 10.9. The van der Waals surface area contributed by atoms with Gasteiger partial charge in [-0.25, -0.2) is 8.42 Å². The number of H-pyrrole nitrogens is 1. The van der Waals surface area contributed by atoms with E-state index in [1.165, 1.54) is 6.26 Å². The zero-order chi connectivity index (χ0) is 16.6. The van der Waals surface area contributed by atoms with Gasteiger partial charge in [0.1, 0.15) is 0 Å². The van der Waals surface area contributed by atoms with E-state index >= 15 is 0 Å². The lowest BCUT2D eigenvalue weighted by Gasteiger charge is -2.37. The topological polar surface area (TPSA) is 70.2 Å². The Labute approximate surface area is 136 Å². The van der Waals surface area contributed by atoms with Gasteiger partial charge in [-0.3, -0.25) is 4.79 Å². The van der Waals surface area contributed by atoms with Crippen molar-refractivity contribution in [1.82, 2.24) is 9.88 Å². The molecule has 1 fully saturated rings. The predicted molar refractivity (Wildman–Crippen MR) is 91.3 cm³/mol. The van der Waals surface area contributed by atoms with Crippen LogP contribution in [-0.2, 0) is 9.84 Å². The largest absolute Gasteiger partial charge is 0.361 e. The molecule has 0 saturated heterocycles. The second kappa shape index (κ2) is 6.00. The molecule has 0 unspecified atom stereocenters. The van der Waals surface area contributed by atoms with Crippen molar-refractivity contribution in [3.8, 4) is 0 Å². The molecule has 0 spiro atoms. The molecular weight excluding hydrogens is 312 g/mol. The molecule has 5 nitrogen and oxygen atoms in total. The number of hydrogen-bond acceptors (Lipinski definition) is 3. The molecule has 0 bridgehead atoms. The van der Waals surface area contributed by atoms with Crippen molar-refractivity contribution in [3.05, 3.63) is 36.0 Å². The quantitative estimate of drug-likeness (QED) is 0.938. The number of sulfone groups is 1. The summed E-state index contributed by atoms with van der Waals surface area (Å²) in [6, 6.07) is 7.26. The van der Waals surface area contributed by atoms with Gasteiger partial charge in [-0.15, -0.1) is 0 Å². The molecule has 0 radical (unpaired) electrons. The van der Waals surface area contributed by atoms with E-state index in [9.17, 15) is 13.2 Å². The lowest BCUT2D eigenvalue weighted by atomic mass is 9.93. The van der Waals surface area contributed by atoms with E-state index in [1.807, 2.05) is 18.2 Å². The van der Waals surface area contributed by atoms with Crippen LogP contribution in [0.25, 0.3) is 10.9 Å². The standard InChI is InChI=1S/C17H22N2O3S/c1-19(14-8-3-4-9-15(14)23(2,21)22)17(20)13-7-5-6-12-10-11-18-16(12)13/h5-7,10-11,14-15,18H,3-4,8-9H2,1-2H3/t14-,15+/m0/s1. The summed E-state index contributed by atoms with van der Waals surface area (Å²) in [5, 5.41) is 0.514. The monoisotopic (exact) mass is 334 g/mol. The van der Waals surface area contributed by atoms with E-state index in [1.54, 1.807) is 24.2 Å². The van der Waals surface area contributed by atoms with Crippen LogP contribution in [0.1, 0.15) is 36.0 Å². The zero-order valence-electron chi connectivity index (χ0n) is 13.5. The molecule has 124 valence electrons. The molecule has 23 heavy (non-hydrogen) atoms. The van der Waals surface area contributed by atoms with Gasteiger partial charge in [0.25, 0.3) is 5.91 Å². The number of amides is 1. The van der Waals surface area contributed by atoms with Gasteiger partial charge in [0.15, 0.2) is 9.84 Å². The number of hydrogen-bond donors (Lipinski definition) is 1. The van der Waals surface area contributed by atoms with E-state index < -0.39 is 15.1 Å². The number of carbonyl (C=O) groups excluding carboxylic acids is 1. The summed E-state index contributed by atoms with van der Waals surface area (Å²) in [5.74, 6) is -0.126. The van der Waals surface area contributed by atoms with Crippen molar-refractivity contribution in [1.29, 1.82) is 0 Å². The highest BCUT2D eigenvalue weighted by molar-refractivity contribution is 7.91. The Kier molecular flexibility index (Phi) is 4.19. The van der Waals surface area contributed by atoms with Gasteiger partial charge in [-0.2, -0.15) is 0 Å². The maximum Gasteiger partial charge on any atom is 0.256 e. The number of rotatable bonds is 3.